The first-order chi connectivity index (χ1) is 7.68. The zero-order chi connectivity index (χ0) is 11.5. The molecule has 0 bridgehead atoms. The highest BCUT2D eigenvalue weighted by Gasteiger charge is 2.13. The van der Waals surface area contributed by atoms with Crippen LogP contribution < -0.4 is 5.73 Å². The molecular weight excluding hydrogens is 206 g/mol. The van der Waals surface area contributed by atoms with Crippen LogP contribution in [0.1, 0.15) is 5.56 Å². The van der Waals surface area contributed by atoms with E-state index >= 15 is 0 Å². The quantitative estimate of drug-likeness (QED) is 0.785. The lowest BCUT2D eigenvalue weighted by molar-refractivity contribution is -0.138. The molecule has 82 valence electrons. The standard InChI is InChI=1S/C11H11N3O2/c12-10(11(15)16)3-8-5-14-4-7-1-2-13-6-9(7)8/h1-2,4-6,10H,3,12H2,(H,15,16). The number of carboxylic acid groups (broad SMARTS) is 1. The van der Waals surface area contributed by atoms with Gasteiger partial charge < -0.3 is 10.8 Å². The van der Waals surface area contributed by atoms with E-state index in [2.05, 4.69) is 9.97 Å². The summed E-state index contributed by atoms with van der Waals surface area (Å²) in [4.78, 5) is 18.7. The molecule has 2 rings (SSSR count). The van der Waals surface area contributed by atoms with Gasteiger partial charge in [-0.1, -0.05) is 0 Å². The van der Waals surface area contributed by atoms with Crippen LogP contribution in [0.5, 0.6) is 0 Å². The van der Waals surface area contributed by atoms with Gasteiger partial charge in [-0.25, -0.2) is 0 Å². The van der Waals surface area contributed by atoms with E-state index < -0.39 is 12.0 Å². The van der Waals surface area contributed by atoms with E-state index in [0.717, 1.165) is 16.3 Å². The molecular formula is C11H11N3O2. The monoisotopic (exact) mass is 217 g/mol. The van der Waals surface area contributed by atoms with Crippen molar-refractivity contribution in [3.05, 3.63) is 36.4 Å². The molecule has 5 heteroatoms. The molecule has 0 radical (unpaired) electrons. The van der Waals surface area contributed by atoms with E-state index in [1.807, 2.05) is 6.07 Å². The van der Waals surface area contributed by atoms with E-state index in [1.54, 1.807) is 24.8 Å². The van der Waals surface area contributed by atoms with Gasteiger partial charge in [0, 0.05) is 42.0 Å². The summed E-state index contributed by atoms with van der Waals surface area (Å²) in [6, 6.07) is 0.922. The van der Waals surface area contributed by atoms with Gasteiger partial charge in [0.2, 0.25) is 0 Å². The van der Waals surface area contributed by atoms with E-state index in [1.165, 1.54) is 0 Å². The molecule has 3 N–H and O–H groups in total. The van der Waals surface area contributed by atoms with E-state index in [0.29, 0.717) is 0 Å². The second-order valence-corrected chi connectivity index (χ2v) is 3.54. The molecule has 0 spiro atoms. The Morgan fingerprint density at radius 3 is 2.94 bits per heavy atom. The molecule has 0 aliphatic rings. The number of pyridine rings is 2. The number of hydrogen-bond acceptors (Lipinski definition) is 4. The highest BCUT2D eigenvalue weighted by molar-refractivity contribution is 5.84. The summed E-state index contributed by atoms with van der Waals surface area (Å²) in [5.74, 6) is -1.01. The largest absolute Gasteiger partial charge is 0.480 e. The van der Waals surface area contributed by atoms with Crippen molar-refractivity contribution in [3.8, 4) is 0 Å². The van der Waals surface area contributed by atoms with Gasteiger partial charge in [-0.15, -0.1) is 0 Å². The Labute approximate surface area is 91.9 Å². The maximum Gasteiger partial charge on any atom is 0.320 e. The topological polar surface area (TPSA) is 89.1 Å². The number of carboxylic acids is 1. The average Bonchev–Trinajstić information content (AvgIpc) is 2.29. The zero-order valence-corrected chi connectivity index (χ0v) is 8.50. The second kappa shape index (κ2) is 4.24. The molecule has 0 fully saturated rings. The third kappa shape index (κ3) is 1.99. The molecule has 0 amide bonds. The number of nitrogens with two attached hydrogens (primary N) is 1. The van der Waals surface area contributed by atoms with Gasteiger partial charge in [0.25, 0.3) is 0 Å². The van der Waals surface area contributed by atoms with E-state index in [4.69, 9.17) is 10.8 Å². The highest BCUT2D eigenvalue weighted by atomic mass is 16.4. The summed E-state index contributed by atoms with van der Waals surface area (Å²) < 4.78 is 0. The molecule has 2 aromatic rings. The normalized spacial score (nSPS) is 12.6. The molecule has 1 unspecified atom stereocenters. The van der Waals surface area contributed by atoms with Crippen LogP contribution >= 0.6 is 0 Å². The number of hydrogen-bond donors (Lipinski definition) is 2. The minimum atomic E-state index is -1.01. The highest BCUT2D eigenvalue weighted by Crippen LogP contribution is 2.16. The van der Waals surface area contributed by atoms with Gasteiger partial charge in [-0.3, -0.25) is 14.8 Å². The van der Waals surface area contributed by atoms with Gasteiger partial charge in [-0.05, 0) is 11.6 Å². The Morgan fingerprint density at radius 2 is 2.19 bits per heavy atom. The van der Waals surface area contributed by atoms with E-state index in [9.17, 15) is 4.79 Å². The fourth-order valence-corrected chi connectivity index (χ4v) is 1.55. The number of rotatable bonds is 3. The Hall–Kier alpha value is -2.01. The predicted octanol–water partition coefficient (Wildman–Crippen LogP) is 0.584. The van der Waals surface area contributed by atoms with Crippen LogP contribution in [-0.4, -0.2) is 27.1 Å². The van der Waals surface area contributed by atoms with Crippen molar-refractivity contribution < 1.29 is 9.90 Å². The van der Waals surface area contributed by atoms with Crippen LogP contribution in [0, 0.1) is 0 Å². The smallest absolute Gasteiger partial charge is 0.320 e. The Balaban J connectivity index is 2.41. The number of aliphatic carboxylic acids is 1. The maximum atomic E-state index is 10.7. The lowest BCUT2D eigenvalue weighted by Gasteiger charge is -2.08. The van der Waals surface area contributed by atoms with Gasteiger partial charge >= 0.3 is 5.97 Å². The SMILES string of the molecule is NC(Cc1cncc2ccncc12)C(=O)O. The van der Waals surface area contributed by atoms with Crippen LogP contribution in [0.2, 0.25) is 0 Å². The molecule has 16 heavy (non-hydrogen) atoms. The van der Waals surface area contributed by atoms with Crippen molar-refractivity contribution in [2.75, 3.05) is 0 Å². The Bertz CT molecular complexity index is 522. The summed E-state index contributed by atoms with van der Waals surface area (Å²) in [6.07, 6.45) is 6.97. The van der Waals surface area contributed by atoms with Crippen molar-refractivity contribution in [1.82, 2.24) is 9.97 Å². The van der Waals surface area contributed by atoms with Gasteiger partial charge in [0.05, 0.1) is 0 Å². The summed E-state index contributed by atoms with van der Waals surface area (Å²) >= 11 is 0. The summed E-state index contributed by atoms with van der Waals surface area (Å²) in [5.41, 5.74) is 6.30. The van der Waals surface area contributed by atoms with Crippen LogP contribution in [0.15, 0.2) is 30.9 Å². The van der Waals surface area contributed by atoms with Gasteiger partial charge in [0.15, 0.2) is 0 Å². The van der Waals surface area contributed by atoms with Crippen molar-refractivity contribution >= 4 is 16.7 Å². The summed E-state index contributed by atoms with van der Waals surface area (Å²) in [7, 11) is 0. The zero-order valence-electron chi connectivity index (χ0n) is 8.50. The van der Waals surface area contributed by atoms with Crippen molar-refractivity contribution in [1.29, 1.82) is 0 Å². The van der Waals surface area contributed by atoms with Crippen LogP contribution in [0.25, 0.3) is 10.8 Å². The minimum absolute atomic E-state index is 0.255. The number of carbonyl (C=O) groups is 1. The van der Waals surface area contributed by atoms with Crippen LogP contribution in [0.4, 0.5) is 0 Å². The molecule has 1 atom stereocenters. The first-order valence-corrected chi connectivity index (χ1v) is 4.83. The third-order valence-corrected chi connectivity index (χ3v) is 2.40. The molecule has 5 nitrogen and oxygen atoms in total. The molecule has 0 saturated carbocycles. The number of fused-ring (bicyclic) bond motifs is 1. The second-order valence-electron chi connectivity index (χ2n) is 3.54. The first kappa shape index (κ1) is 10.5. The summed E-state index contributed by atoms with van der Waals surface area (Å²) in [5, 5.41) is 10.6. The Morgan fingerprint density at radius 1 is 1.38 bits per heavy atom. The third-order valence-electron chi connectivity index (χ3n) is 2.40. The van der Waals surface area contributed by atoms with Crippen molar-refractivity contribution in [3.63, 3.8) is 0 Å². The number of nitrogens with zero attached hydrogens (tertiary/aromatic N) is 2. The van der Waals surface area contributed by atoms with Gasteiger partial charge in [0.1, 0.15) is 6.04 Å². The Kier molecular flexibility index (Phi) is 2.78. The van der Waals surface area contributed by atoms with Gasteiger partial charge in [-0.2, -0.15) is 0 Å². The molecule has 0 aromatic carbocycles. The average molecular weight is 217 g/mol. The first-order valence-electron chi connectivity index (χ1n) is 4.83. The molecule has 2 heterocycles. The lowest BCUT2D eigenvalue weighted by Crippen LogP contribution is -2.32. The fourth-order valence-electron chi connectivity index (χ4n) is 1.55. The number of aromatic nitrogens is 2. The van der Waals surface area contributed by atoms with Crippen LogP contribution in [0.3, 0.4) is 0 Å². The molecule has 2 aromatic heterocycles. The predicted molar refractivity (Wildman–Crippen MR) is 58.9 cm³/mol. The fraction of sp³-hybridized carbons (Fsp3) is 0.182. The van der Waals surface area contributed by atoms with Crippen molar-refractivity contribution in [2.45, 2.75) is 12.5 Å². The van der Waals surface area contributed by atoms with Crippen molar-refractivity contribution in [2.24, 2.45) is 5.73 Å². The summed E-state index contributed by atoms with van der Waals surface area (Å²) in [6.45, 7) is 0. The van der Waals surface area contributed by atoms with Crippen LogP contribution in [-0.2, 0) is 11.2 Å². The minimum Gasteiger partial charge on any atom is -0.480 e. The molecule has 0 aliphatic heterocycles. The molecule has 0 saturated heterocycles. The molecule has 0 aliphatic carbocycles. The van der Waals surface area contributed by atoms with E-state index in [-0.39, 0.29) is 6.42 Å². The lowest BCUT2D eigenvalue weighted by atomic mass is 10.0. The maximum absolute atomic E-state index is 10.7.